The molecule has 2 aromatic carbocycles. The second-order valence-electron chi connectivity index (χ2n) is 7.65. The Bertz CT molecular complexity index is 1110. The van der Waals surface area contributed by atoms with Crippen LogP contribution in [0, 0.1) is 0 Å². The standard InChI is InChI=1S/C24H24ClN5O3/c1-17(31)26-20-3-2-4-21(15-20)33-16-24(32)30-13-11-29(12-14-30)23-10-9-22(27-28-23)18-5-7-19(25)8-6-18/h2-10,15H,11-14,16H2,1H3,(H,26,31). The summed E-state index contributed by atoms with van der Waals surface area (Å²) in [7, 11) is 0. The maximum Gasteiger partial charge on any atom is 0.260 e. The van der Waals surface area contributed by atoms with Crippen LogP contribution in [-0.2, 0) is 9.59 Å². The Morgan fingerprint density at radius 2 is 1.76 bits per heavy atom. The molecule has 1 N–H and O–H groups in total. The van der Waals surface area contributed by atoms with Crippen LogP contribution >= 0.6 is 11.6 Å². The first kappa shape index (κ1) is 22.5. The molecule has 0 atom stereocenters. The van der Waals surface area contributed by atoms with Gasteiger partial charge in [0.25, 0.3) is 5.91 Å². The molecular weight excluding hydrogens is 442 g/mol. The zero-order chi connectivity index (χ0) is 23.2. The summed E-state index contributed by atoms with van der Waals surface area (Å²) in [6.07, 6.45) is 0. The van der Waals surface area contributed by atoms with E-state index in [0.29, 0.717) is 42.6 Å². The number of rotatable bonds is 6. The van der Waals surface area contributed by atoms with Gasteiger partial charge in [-0.1, -0.05) is 29.8 Å². The van der Waals surface area contributed by atoms with Gasteiger partial charge in [-0.15, -0.1) is 10.2 Å². The van der Waals surface area contributed by atoms with Gasteiger partial charge in [-0.2, -0.15) is 0 Å². The monoisotopic (exact) mass is 465 g/mol. The smallest absolute Gasteiger partial charge is 0.260 e. The average molecular weight is 466 g/mol. The zero-order valence-electron chi connectivity index (χ0n) is 18.2. The molecule has 170 valence electrons. The Balaban J connectivity index is 1.27. The number of ether oxygens (including phenoxy) is 1. The molecule has 1 aliphatic rings. The average Bonchev–Trinajstić information content (AvgIpc) is 2.83. The highest BCUT2D eigenvalue weighted by atomic mass is 35.5. The highest BCUT2D eigenvalue weighted by molar-refractivity contribution is 6.30. The Hall–Kier alpha value is -3.65. The molecule has 9 heteroatoms. The van der Waals surface area contributed by atoms with Crippen molar-refractivity contribution in [2.24, 2.45) is 0 Å². The van der Waals surface area contributed by atoms with E-state index in [1.807, 2.05) is 36.4 Å². The minimum atomic E-state index is -0.162. The number of anilines is 2. The number of piperazine rings is 1. The number of nitrogens with zero attached hydrogens (tertiary/aromatic N) is 4. The summed E-state index contributed by atoms with van der Waals surface area (Å²) < 4.78 is 5.63. The van der Waals surface area contributed by atoms with Crippen LogP contribution in [0.25, 0.3) is 11.3 Å². The van der Waals surface area contributed by atoms with Crippen molar-refractivity contribution in [2.75, 3.05) is 43.0 Å². The quantitative estimate of drug-likeness (QED) is 0.599. The first-order valence-corrected chi connectivity index (χ1v) is 11.0. The lowest BCUT2D eigenvalue weighted by atomic mass is 10.1. The fraction of sp³-hybridized carbons (Fsp3) is 0.250. The van der Waals surface area contributed by atoms with Crippen molar-refractivity contribution >= 4 is 34.9 Å². The first-order valence-electron chi connectivity index (χ1n) is 10.6. The van der Waals surface area contributed by atoms with E-state index in [1.165, 1.54) is 6.92 Å². The zero-order valence-corrected chi connectivity index (χ0v) is 19.0. The number of carbonyl (C=O) groups is 2. The molecule has 33 heavy (non-hydrogen) atoms. The summed E-state index contributed by atoms with van der Waals surface area (Å²) in [4.78, 5) is 27.7. The fourth-order valence-corrected chi connectivity index (χ4v) is 3.68. The molecule has 2 heterocycles. The largest absolute Gasteiger partial charge is 0.484 e. The predicted molar refractivity (Wildman–Crippen MR) is 128 cm³/mol. The van der Waals surface area contributed by atoms with Crippen LogP contribution in [0.3, 0.4) is 0 Å². The van der Waals surface area contributed by atoms with E-state index in [2.05, 4.69) is 20.4 Å². The second-order valence-corrected chi connectivity index (χ2v) is 8.09. The van der Waals surface area contributed by atoms with Crippen molar-refractivity contribution in [1.82, 2.24) is 15.1 Å². The number of halogens is 1. The number of carbonyl (C=O) groups excluding carboxylic acids is 2. The number of nitrogens with one attached hydrogen (secondary N) is 1. The SMILES string of the molecule is CC(=O)Nc1cccc(OCC(=O)N2CCN(c3ccc(-c4ccc(Cl)cc4)nn3)CC2)c1. The van der Waals surface area contributed by atoms with Crippen molar-refractivity contribution in [2.45, 2.75) is 6.92 Å². The van der Waals surface area contributed by atoms with E-state index < -0.39 is 0 Å². The molecule has 0 radical (unpaired) electrons. The third-order valence-electron chi connectivity index (χ3n) is 5.26. The van der Waals surface area contributed by atoms with Crippen molar-refractivity contribution in [3.05, 3.63) is 65.7 Å². The Labute approximate surface area is 197 Å². The summed E-state index contributed by atoms with van der Waals surface area (Å²) in [5, 5.41) is 12.1. The lowest BCUT2D eigenvalue weighted by Crippen LogP contribution is -2.50. The summed E-state index contributed by atoms with van der Waals surface area (Å²) in [5.74, 6) is 1.07. The van der Waals surface area contributed by atoms with Gasteiger partial charge < -0.3 is 19.9 Å². The predicted octanol–water partition coefficient (Wildman–Crippen LogP) is 3.48. The topological polar surface area (TPSA) is 87.7 Å². The lowest BCUT2D eigenvalue weighted by Gasteiger charge is -2.35. The summed E-state index contributed by atoms with van der Waals surface area (Å²) in [6.45, 7) is 3.87. The molecule has 8 nitrogen and oxygen atoms in total. The Kier molecular flexibility index (Phi) is 7.04. The van der Waals surface area contributed by atoms with Crippen LogP contribution in [0.2, 0.25) is 5.02 Å². The molecule has 1 saturated heterocycles. The number of hydrogen-bond donors (Lipinski definition) is 1. The summed E-state index contributed by atoms with van der Waals surface area (Å²) >= 11 is 5.94. The van der Waals surface area contributed by atoms with Crippen molar-refractivity contribution < 1.29 is 14.3 Å². The molecule has 0 aliphatic carbocycles. The summed E-state index contributed by atoms with van der Waals surface area (Å²) in [5.41, 5.74) is 2.37. The normalized spacial score (nSPS) is 13.5. The highest BCUT2D eigenvalue weighted by Gasteiger charge is 2.22. The molecule has 0 unspecified atom stereocenters. The van der Waals surface area contributed by atoms with Crippen LogP contribution in [-0.4, -0.2) is 59.7 Å². The van der Waals surface area contributed by atoms with Gasteiger partial charge in [0, 0.05) is 55.4 Å². The fourth-order valence-electron chi connectivity index (χ4n) is 3.56. The van der Waals surface area contributed by atoms with Gasteiger partial charge in [-0.05, 0) is 36.4 Å². The van der Waals surface area contributed by atoms with Gasteiger partial charge in [-0.3, -0.25) is 9.59 Å². The van der Waals surface area contributed by atoms with Crippen LogP contribution < -0.4 is 15.0 Å². The van der Waals surface area contributed by atoms with E-state index >= 15 is 0 Å². The molecule has 2 amide bonds. The van der Waals surface area contributed by atoms with Gasteiger partial charge in [0.15, 0.2) is 12.4 Å². The number of amides is 2. The molecule has 4 rings (SSSR count). The third kappa shape index (κ3) is 5.98. The Morgan fingerprint density at radius 3 is 2.42 bits per heavy atom. The number of aromatic nitrogens is 2. The molecule has 0 saturated carbocycles. The lowest BCUT2D eigenvalue weighted by molar-refractivity contribution is -0.133. The van der Waals surface area contributed by atoms with E-state index in [-0.39, 0.29) is 18.4 Å². The number of benzene rings is 2. The minimum absolute atomic E-state index is 0.0564. The van der Waals surface area contributed by atoms with Gasteiger partial charge in [0.1, 0.15) is 5.75 Å². The molecule has 3 aromatic rings. The summed E-state index contributed by atoms with van der Waals surface area (Å²) in [6, 6.07) is 18.3. The Morgan fingerprint density at radius 1 is 1.00 bits per heavy atom. The third-order valence-corrected chi connectivity index (χ3v) is 5.52. The molecule has 0 spiro atoms. The van der Waals surface area contributed by atoms with Gasteiger partial charge in [0.2, 0.25) is 5.91 Å². The van der Waals surface area contributed by atoms with E-state index in [4.69, 9.17) is 16.3 Å². The van der Waals surface area contributed by atoms with Gasteiger partial charge >= 0.3 is 0 Å². The van der Waals surface area contributed by atoms with Crippen LogP contribution in [0.4, 0.5) is 11.5 Å². The van der Waals surface area contributed by atoms with Gasteiger partial charge in [-0.25, -0.2) is 0 Å². The molecule has 1 aliphatic heterocycles. The molecule has 1 aromatic heterocycles. The van der Waals surface area contributed by atoms with Crippen LogP contribution in [0.5, 0.6) is 5.75 Å². The van der Waals surface area contributed by atoms with Gasteiger partial charge in [0.05, 0.1) is 5.69 Å². The van der Waals surface area contributed by atoms with E-state index in [9.17, 15) is 9.59 Å². The minimum Gasteiger partial charge on any atom is -0.484 e. The highest BCUT2D eigenvalue weighted by Crippen LogP contribution is 2.21. The maximum atomic E-state index is 12.6. The second kappa shape index (κ2) is 10.3. The molecule has 0 bridgehead atoms. The van der Waals surface area contributed by atoms with Crippen LogP contribution in [0.15, 0.2) is 60.7 Å². The van der Waals surface area contributed by atoms with Crippen molar-refractivity contribution in [1.29, 1.82) is 0 Å². The first-order chi connectivity index (χ1) is 16.0. The number of hydrogen-bond acceptors (Lipinski definition) is 6. The van der Waals surface area contributed by atoms with Crippen LogP contribution in [0.1, 0.15) is 6.92 Å². The van der Waals surface area contributed by atoms with Crippen molar-refractivity contribution in [3.8, 4) is 17.0 Å². The molecule has 1 fully saturated rings. The van der Waals surface area contributed by atoms with Crippen molar-refractivity contribution in [3.63, 3.8) is 0 Å². The van der Waals surface area contributed by atoms with E-state index in [0.717, 1.165) is 17.1 Å². The van der Waals surface area contributed by atoms with E-state index in [1.54, 1.807) is 29.2 Å². The maximum absolute atomic E-state index is 12.6. The molecular formula is C24H24ClN5O3.